The third-order valence-electron chi connectivity index (χ3n) is 5.81. The number of hydrogen-bond acceptors (Lipinski definition) is 6. The van der Waals surface area contributed by atoms with Gasteiger partial charge in [-0.2, -0.15) is 5.06 Å². The summed E-state index contributed by atoms with van der Waals surface area (Å²) in [6, 6.07) is 3.92. The van der Waals surface area contributed by atoms with Gasteiger partial charge in [-0.15, -0.1) is 0 Å². The molecule has 1 fully saturated rings. The van der Waals surface area contributed by atoms with Crippen LogP contribution in [0.5, 0.6) is 0 Å². The summed E-state index contributed by atoms with van der Waals surface area (Å²) in [5.41, 5.74) is 2.40. The third-order valence-corrected chi connectivity index (χ3v) is 6.27. The molecule has 7 nitrogen and oxygen atoms in total. The fourth-order valence-corrected chi connectivity index (χ4v) is 5.03. The molecule has 1 amide bonds. The maximum atomic E-state index is 13.4. The number of ether oxygens (including phenoxy) is 2. The molecule has 3 rings (SSSR count). The number of halogens is 1. The second-order valence-electron chi connectivity index (χ2n) is 7.41. The summed E-state index contributed by atoms with van der Waals surface area (Å²) in [7, 11) is 3.41. The van der Waals surface area contributed by atoms with E-state index in [1.807, 2.05) is 31.0 Å². The van der Waals surface area contributed by atoms with E-state index in [1.54, 1.807) is 26.0 Å². The quantitative estimate of drug-likeness (QED) is 0.628. The van der Waals surface area contributed by atoms with E-state index in [4.69, 9.17) is 14.3 Å². The van der Waals surface area contributed by atoms with Gasteiger partial charge in [-0.1, -0.05) is 15.9 Å². The van der Waals surface area contributed by atoms with Crippen molar-refractivity contribution in [2.45, 2.75) is 39.2 Å². The predicted octanol–water partition coefficient (Wildman–Crippen LogP) is 3.82. The second kappa shape index (κ2) is 8.45. The number of hydrogen-bond donors (Lipinski definition) is 0. The van der Waals surface area contributed by atoms with Crippen LogP contribution in [0.1, 0.15) is 36.5 Å². The largest absolute Gasteiger partial charge is 0.513 e. The second-order valence-corrected chi connectivity index (χ2v) is 8.33. The molecule has 1 saturated heterocycles. The fourth-order valence-electron chi connectivity index (χ4n) is 4.35. The fraction of sp³-hybridized carbons (Fsp3) is 0.524. The van der Waals surface area contributed by atoms with E-state index in [1.165, 1.54) is 0 Å². The number of piperidine rings is 1. The summed E-state index contributed by atoms with van der Waals surface area (Å²) in [6.45, 7) is 7.07. The summed E-state index contributed by atoms with van der Waals surface area (Å²) in [4.78, 5) is 32.8. The molecule has 0 unspecified atom stereocenters. The molecule has 1 aromatic rings. The van der Waals surface area contributed by atoms with Gasteiger partial charge in [0.25, 0.3) is 5.91 Å². The zero-order chi connectivity index (χ0) is 21.3. The molecule has 0 aliphatic carbocycles. The Bertz CT molecular complexity index is 836. The zero-order valence-electron chi connectivity index (χ0n) is 17.5. The van der Waals surface area contributed by atoms with E-state index in [-0.39, 0.29) is 12.5 Å². The van der Waals surface area contributed by atoms with Gasteiger partial charge < -0.3 is 19.2 Å². The maximum absolute atomic E-state index is 13.4. The minimum Gasteiger partial charge on any atom is -0.434 e. The summed E-state index contributed by atoms with van der Waals surface area (Å²) in [5.74, 6) is 0.233. The number of amides is 1. The molecule has 0 N–H and O–H groups in total. The zero-order valence-corrected chi connectivity index (χ0v) is 19.1. The van der Waals surface area contributed by atoms with Crippen molar-refractivity contribution >= 4 is 33.6 Å². The molecule has 158 valence electrons. The van der Waals surface area contributed by atoms with Crippen molar-refractivity contribution in [1.29, 1.82) is 0 Å². The first-order chi connectivity index (χ1) is 13.7. The van der Waals surface area contributed by atoms with E-state index >= 15 is 0 Å². The van der Waals surface area contributed by atoms with Gasteiger partial charge in [0.2, 0.25) is 0 Å². The van der Waals surface area contributed by atoms with E-state index in [2.05, 4.69) is 15.9 Å². The summed E-state index contributed by atoms with van der Waals surface area (Å²) in [6.07, 6.45) is 0.398. The Balaban J connectivity index is 2.18. The van der Waals surface area contributed by atoms with Gasteiger partial charge in [-0.05, 0) is 62.4 Å². The SMILES string of the molecule is CCOC(=O)OC1=C(c2c(C)cc(Br)cc2C)C(=O)N(C)C12CCN(OC)CC2. The molecule has 0 aromatic heterocycles. The Hall–Kier alpha value is -1.90. The number of carbonyl (C=O) groups is 2. The smallest absolute Gasteiger partial charge is 0.434 e. The van der Waals surface area contributed by atoms with Crippen LogP contribution in [0.2, 0.25) is 0 Å². The Morgan fingerprint density at radius 1 is 1.21 bits per heavy atom. The Morgan fingerprint density at radius 3 is 2.31 bits per heavy atom. The highest BCUT2D eigenvalue weighted by atomic mass is 79.9. The van der Waals surface area contributed by atoms with Crippen molar-refractivity contribution < 1.29 is 23.9 Å². The lowest BCUT2D eigenvalue weighted by atomic mass is 9.84. The predicted molar refractivity (Wildman–Crippen MR) is 112 cm³/mol. The average Bonchev–Trinajstić information content (AvgIpc) is 2.85. The topological polar surface area (TPSA) is 68.3 Å². The third kappa shape index (κ3) is 3.81. The number of likely N-dealkylation sites (N-methyl/N-ethyl adjacent to an activating group) is 1. The molecule has 0 radical (unpaired) electrons. The molecule has 0 saturated carbocycles. The highest BCUT2D eigenvalue weighted by Crippen LogP contribution is 2.47. The highest BCUT2D eigenvalue weighted by molar-refractivity contribution is 9.10. The number of nitrogens with zero attached hydrogens (tertiary/aromatic N) is 2. The van der Waals surface area contributed by atoms with Crippen molar-refractivity contribution in [2.75, 3.05) is 33.9 Å². The van der Waals surface area contributed by atoms with Crippen molar-refractivity contribution in [3.63, 3.8) is 0 Å². The lowest BCUT2D eigenvalue weighted by Crippen LogP contribution is -2.53. The number of rotatable bonds is 4. The van der Waals surface area contributed by atoms with Crippen LogP contribution in [0.25, 0.3) is 5.57 Å². The van der Waals surface area contributed by atoms with Gasteiger partial charge in [0.1, 0.15) is 5.54 Å². The summed E-state index contributed by atoms with van der Waals surface area (Å²) in [5, 5.41) is 1.85. The molecular weight excluding hydrogens is 440 g/mol. The van der Waals surface area contributed by atoms with Crippen molar-refractivity contribution in [2.24, 2.45) is 0 Å². The molecule has 0 atom stereocenters. The standard InChI is InChI=1S/C21H27BrN2O5/c1-6-28-20(26)29-18-17(16-13(2)11-15(22)12-14(16)3)19(25)23(4)21(18)7-9-24(27-5)10-8-21/h11-12H,6-10H2,1-5H3. The van der Waals surface area contributed by atoms with Gasteiger partial charge >= 0.3 is 6.16 Å². The molecule has 1 aromatic carbocycles. The molecule has 2 heterocycles. The van der Waals surface area contributed by atoms with Crippen LogP contribution in [0.3, 0.4) is 0 Å². The number of aryl methyl sites for hydroxylation is 2. The normalized spacial score (nSPS) is 19.2. The van der Waals surface area contributed by atoms with E-state index in [9.17, 15) is 9.59 Å². The van der Waals surface area contributed by atoms with Crippen LogP contribution in [-0.4, -0.2) is 61.4 Å². The highest BCUT2D eigenvalue weighted by Gasteiger charge is 2.54. The van der Waals surface area contributed by atoms with Crippen molar-refractivity contribution in [1.82, 2.24) is 9.96 Å². The molecule has 29 heavy (non-hydrogen) atoms. The van der Waals surface area contributed by atoms with Crippen molar-refractivity contribution in [3.8, 4) is 0 Å². The van der Waals surface area contributed by atoms with Crippen LogP contribution < -0.4 is 0 Å². The van der Waals surface area contributed by atoms with E-state index < -0.39 is 11.7 Å². The van der Waals surface area contributed by atoms with Crippen molar-refractivity contribution in [3.05, 3.63) is 39.1 Å². The molecule has 8 heteroatoms. The lowest BCUT2D eigenvalue weighted by Gasteiger charge is -2.43. The molecule has 0 bridgehead atoms. The summed E-state index contributed by atoms with van der Waals surface area (Å²) >= 11 is 3.51. The Labute approximate surface area is 179 Å². The number of benzene rings is 1. The molecule has 2 aliphatic rings. The van der Waals surface area contributed by atoms with Crippen LogP contribution in [0.4, 0.5) is 4.79 Å². The van der Waals surface area contributed by atoms with Gasteiger partial charge in [0.15, 0.2) is 5.76 Å². The monoisotopic (exact) mass is 466 g/mol. The van der Waals surface area contributed by atoms with Crippen LogP contribution in [0, 0.1) is 13.8 Å². The van der Waals surface area contributed by atoms with Gasteiger partial charge in [-0.3, -0.25) is 4.79 Å². The summed E-state index contributed by atoms with van der Waals surface area (Å²) < 4.78 is 11.7. The minimum absolute atomic E-state index is 0.149. The van der Waals surface area contributed by atoms with Gasteiger partial charge in [-0.25, -0.2) is 4.79 Å². The molecule has 2 aliphatic heterocycles. The average molecular weight is 467 g/mol. The Kier molecular flexibility index (Phi) is 6.36. The Morgan fingerprint density at radius 2 is 1.79 bits per heavy atom. The molecular formula is C21H27BrN2O5. The van der Waals surface area contributed by atoms with E-state index in [0.717, 1.165) is 21.2 Å². The maximum Gasteiger partial charge on any atom is 0.513 e. The van der Waals surface area contributed by atoms with Crippen LogP contribution in [-0.2, 0) is 19.1 Å². The van der Waals surface area contributed by atoms with Gasteiger partial charge in [0, 0.05) is 24.6 Å². The molecule has 1 spiro atoms. The van der Waals surface area contributed by atoms with Crippen LogP contribution in [0.15, 0.2) is 22.4 Å². The first-order valence-electron chi connectivity index (χ1n) is 9.68. The number of carbonyl (C=O) groups excluding carboxylic acids is 2. The first-order valence-corrected chi connectivity index (χ1v) is 10.5. The van der Waals surface area contributed by atoms with Gasteiger partial charge in [0.05, 0.1) is 19.3 Å². The van der Waals surface area contributed by atoms with Crippen LogP contribution >= 0.6 is 15.9 Å². The first kappa shape index (κ1) is 21.8. The lowest BCUT2D eigenvalue weighted by molar-refractivity contribution is -0.162. The minimum atomic E-state index is -0.788. The van der Waals surface area contributed by atoms with E-state index in [0.29, 0.717) is 37.3 Å². The number of hydroxylamine groups is 2.